The van der Waals surface area contributed by atoms with E-state index in [2.05, 4.69) is 31.1 Å². The molecular weight excluding hydrogens is 244 g/mol. The number of likely N-dealkylation sites (tertiary alicyclic amines) is 1. The molecule has 0 bridgehead atoms. The standard InChI is InChI=1S/C18H36N2/c1-4-7-16-9-10-18(19-3)17(12-16)14-20-11-6-8-15(5-2)13-20/h15-19H,4-14H2,1-3H3. The maximum atomic E-state index is 3.60. The molecule has 0 aromatic heterocycles. The summed E-state index contributed by atoms with van der Waals surface area (Å²) in [5, 5.41) is 3.60. The molecule has 4 atom stereocenters. The van der Waals surface area contributed by atoms with Crippen LogP contribution in [-0.4, -0.2) is 37.6 Å². The fourth-order valence-electron chi connectivity index (χ4n) is 4.60. The Labute approximate surface area is 126 Å². The summed E-state index contributed by atoms with van der Waals surface area (Å²) < 4.78 is 0. The molecule has 1 heterocycles. The van der Waals surface area contributed by atoms with Gasteiger partial charge in [0.05, 0.1) is 0 Å². The first kappa shape index (κ1) is 16.3. The Hall–Kier alpha value is -0.0800. The zero-order chi connectivity index (χ0) is 14.4. The van der Waals surface area contributed by atoms with Gasteiger partial charge < -0.3 is 10.2 Å². The van der Waals surface area contributed by atoms with Crippen molar-refractivity contribution in [3.8, 4) is 0 Å². The first-order chi connectivity index (χ1) is 9.76. The molecule has 20 heavy (non-hydrogen) atoms. The quantitative estimate of drug-likeness (QED) is 0.793. The molecule has 0 amide bonds. The van der Waals surface area contributed by atoms with E-state index in [-0.39, 0.29) is 0 Å². The van der Waals surface area contributed by atoms with Crippen LogP contribution < -0.4 is 5.32 Å². The lowest BCUT2D eigenvalue weighted by atomic mass is 9.76. The van der Waals surface area contributed by atoms with Crippen LogP contribution in [-0.2, 0) is 0 Å². The van der Waals surface area contributed by atoms with Gasteiger partial charge in [0.2, 0.25) is 0 Å². The Morgan fingerprint density at radius 3 is 2.65 bits per heavy atom. The zero-order valence-corrected chi connectivity index (χ0v) is 14.0. The van der Waals surface area contributed by atoms with Gasteiger partial charge in [0, 0.05) is 19.1 Å². The Kier molecular flexibility index (Phi) is 6.83. The summed E-state index contributed by atoms with van der Waals surface area (Å²) in [4.78, 5) is 2.78. The molecule has 1 saturated carbocycles. The van der Waals surface area contributed by atoms with Crippen LogP contribution in [0, 0.1) is 17.8 Å². The Bertz CT molecular complexity index is 266. The summed E-state index contributed by atoms with van der Waals surface area (Å²) in [6.07, 6.45) is 11.4. The molecule has 0 radical (unpaired) electrons. The number of hydrogen-bond donors (Lipinski definition) is 1. The lowest BCUT2D eigenvalue weighted by molar-refractivity contribution is 0.104. The van der Waals surface area contributed by atoms with E-state index in [1.165, 1.54) is 71.0 Å². The average molecular weight is 280 g/mol. The van der Waals surface area contributed by atoms with Crippen LogP contribution in [0.15, 0.2) is 0 Å². The first-order valence-electron chi connectivity index (χ1n) is 9.16. The van der Waals surface area contributed by atoms with Crippen LogP contribution in [0.5, 0.6) is 0 Å². The summed E-state index contributed by atoms with van der Waals surface area (Å²) >= 11 is 0. The zero-order valence-electron chi connectivity index (χ0n) is 14.0. The highest BCUT2D eigenvalue weighted by molar-refractivity contribution is 4.87. The highest BCUT2D eigenvalue weighted by atomic mass is 15.1. The van der Waals surface area contributed by atoms with E-state index in [4.69, 9.17) is 0 Å². The van der Waals surface area contributed by atoms with E-state index in [0.717, 1.165) is 23.8 Å². The van der Waals surface area contributed by atoms with Crippen molar-refractivity contribution in [3.05, 3.63) is 0 Å². The minimum atomic E-state index is 0.769. The summed E-state index contributed by atoms with van der Waals surface area (Å²) in [5.41, 5.74) is 0. The summed E-state index contributed by atoms with van der Waals surface area (Å²) in [6, 6.07) is 0.769. The van der Waals surface area contributed by atoms with Crippen LogP contribution in [0.2, 0.25) is 0 Å². The molecule has 1 N–H and O–H groups in total. The predicted molar refractivity (Wildman–Crippen MR) is 88.0 cm³/mol. The third-order valence-electron chi connectivity index (χ3n) is 5.83. The number of rotatable bonds is 6. The Morgan fingerprint density at radius 1 is 1.10 bits per heavy atom. The van der Waals surface area contributed by atoms with E-state index in [0.29, 0.717) is 0 Å². The van der Waals surface area contributed by atoms with Crippen molar-refractivity contribution >= 4 is 0 Å². The fraction of sp³-hybridized carbons (Fsp3) is 1.00. The third kappa shape index (κ3) is 4.46. The van der Waals surface area contributed by atoms with Crippen molar-refractivity contribution in [1.82, 2.24) is 10.2 Å². The lowest BCUT2D eigenvalue weighted by Crippen LogP contribution is -2.47. The molecule has 1 saturated heterocycles. The minimum absolute atomic E-state index is 0.769. The fourth-order valence-corrected chi connectivity index (χ4v) is 4.60. The number of hydrogen-bond acceptors (Lipinski definition) is 2. The van der Waals surface area contributed by atoms with E-state index in [1.807, 2.05) is 0 Å². The number of nitrogens with one attached hydrogen (secondary N) is 1. The molecule has 2 heteroatoms. The SMILES string of the molecule is CCCC1CCC(NC)C(CN2CCCC(CC)C2)C1. The van der Waals surface area contributed by atoms with Gasteiger partial charge in [-0.25, -0.2) is 0 Å². The smallest absolute Gasteiger partial charge is 0.0105 e. The van der Waals surface area contributed by atoms with Crippen LogP contribution in [0.4, 0.5) is 0 Å². The van der Waals surface area contributed by atoms with Crippen LogP contribution in [0.25, 0.3) is 0 Å². The van der Waals surface area contributed by atoms with Gasteiger partial charge >= 0.3 is 0 Å². The van der Waals surface area contributed by atoms with E-state index in [1.54, 1.807) is 0 Å². The molecule has 4 unspecified atom stereocenters. The highest BCUT2D eigenvalue weighted by Gasteiger charge is 2.31. The van der Waals surface area contributed by atoms with E-state index >= 15 is 0 Å². The van der Waals surface area contributed by atoms with Crippen molar-refractivity contribution in [2.24, 2.45) is 17.8 Å². The summed E-state index contributed by atoms with van der Waals surface area (Å²) in [5.74, 6) is 2.86. The molecule has 1 aliphatic carbocycles. The first-order valence-corrected chi connectivity index (χ1v) is 9.16. The van der Waals surface area contributed by atoms with Crippen molar-refractivity contribution in [3.63, 3.8) is 0 Å². The topological polar surface area (TPSA) is 15.3 Å². The summed E-state index contributed by atoms with van der Waals surface area (Å²) in [6.45, 7) is 8.77. The molecule has 0 aromatic carbocycles. The van der Waals surface area contributed by atoms with Gasteiger partial charge in [-0.1, -0.05) is 33.1 Å². The molecule has 2 rings (SSSR count). The summed E-state index contributed by atoms with van der Waals surface area (Å²) in [7, 11) is 2.17. The normalized spacial score (nSPS) is 36.1. The largest absolute Gasteiger partial charge is 0.317 e. The number of piperidine rings is 1. The average Bonchev–Trinajstić information content (AvgIpc) is 2.48. The Morgan fingerprint density at radius 2 is 1.95 bits per heavy atom. The molecule has 1 aliphatic heterocycles. The predicted octanol–water partition coefficient (Wildman–Crippen LogP) is 3.91. The van der Waals surface area contributed by atoms with Gasteiger partial charge in [-0.2, -0.15) is 0 Å². The highest BCUT2D eigenvalue weighted by Crippen LogP contribution is 2.33. The lowest BCUT2D eigenvalue weighted by Gasteiger charge is -2.41. The van der Waals surface area contributed by atoms with Gasteiger partial charge in [0.1, 0.15) is 0 Å². The van der Waals surface area contributed by atoms with Gasteiger partial charge in [0.25, 0.3) is 0 Å². The van der Waals surface area contributed by atoms with Gasteiger partial charge in [-0.3, -0.25) is 0 Å². The van der Waals surface area contributed by atoms with Crippen LogP contribution in [0.3, 0.4) is 0 Å². The number of nitrogens with zero attached hydrogens (tertiary/aromatic N) is 1. The maximum absolute atomic E-state index is 3.60. The molecule has 2 fully saturated rings. The van der Waals surface area contributed by atoms with Crippen molar-refractivity contribution in [1.29, 1.82) is 0 Å². The van der Waals surface area contributed by atoms with E-state index in [9.17, 15) is 0 Å². The molecule has 118 valence electrons. The van der Waals surface area contributed by atoms with Crippen molar-refractivity contribution < 1.29 is 0 Å². The second-order valence-corrected chi connectivity index (χ2v) is 7.30. The van der Waals surface area contributed by atoms with Gasteiger partial charge in [-0.15, -0.1) is 0 Å². The van der Waals surface area contributed by atoms with Gasteiger partial charge in [0.15, 0.2) is 0 Å². The van der Waals surface area contributed by atoms with Crippen molar-refractivity contribution in [2.75, 3.05) is 26.7 Å². The Balaban J connectivity index is 1.86. The van der Waals surface area contributed by atoms with Crippen LogP contribution >= 0.6 is 0 Å². The second kappa shape index (κ2) is 8.38. The third-order valence-corrected chi connectivity index (χ3v) is 5.83. The minimum Gasteiger partial charge on any atom is -0.317 e. The molecular formula is C18H36N2. The van der Waals surface area contributed by atoms with Crippen molar-refractivity contribution in [2.45, 2.75) is 71.3 Å². The molecule has 2 aliphatic rings. The maximum Gasteiger partial charge on any atom is 0.0105 e. The van der Waals surface area contributed by atoms with Gasteiger partial charge in [-0.05, 0) is 63.5 Å². The second-order valence-electron chi connectivity index (χ2n) is 7.30. The van der Waals surface area contributed by atoms with E-state index < -0.39 is 0 Å². The molecule has 0 aromatic rings. The molecule has 0 spiro atoms. The van der Waals surface area contributed by atoms with Crippen LogP contribution in [0.1, 0.15) is 65.2 Å². The monoisotopic (exact) mass is 280 g/mol. The molecule has 2 nitrogen and oxygen atoms in total.